The maximum atomic E-state index is 14.2. The maximum absolute atomic E-state index is 14.2. The number of nitrogens with one attached hydrogen (secondary N) is 3. The zero-order valence-corrected chi connectivity index (χ0v) is 19.7. The molecule has 1 aromatic carbocycles. The topological polar surface area (TPSA) is 87.2 Å². The predicted molar refractivity (Wildman–Crippen MR) is 130 cm³/mol. The van der Waals surface area contributed by atoms with Crippen LogP contribution in [-0.4, -0.2) is 58.7 Å². The highest BCUT2D eigenvalue weighted by Crippen LogP contribution is 2.25. The SMILES string of the molecule is CCN1CCC[C@@H]1CNc1nc(Nc2ccc(OC)c(F)c2)nc(NC2CCCCCC2)n1. The molecule has 3 N–H and O–H groups in total. The number of benzene rings is 1. The quantitative estimate of drug-likeness (QED) is 0.463. The van der Waals surface area contributed by atoms with Gasteiger partial charge in [0, 0.05) is 30.4 Å². The number of halogens is 1. The van der Waals surface area contributed by atoms with E-state index in [2.05, 4.69) is 42.7 Å². The van der Waals surface area contributed by atoms with Crippen LogP contribution in [0.5, 0.6) is 5.75 Å². The van der Waals surface area contributed by atoms with Crippen molar-refractivity contribution in [2.24, 2.45) is 0 Å². The van der Waals surface area contributed by atoms with Crippen molar-refractivity contribution in [1.82, 2.24) is 19.9 Å². The maximum Gasteiger partial charge on any atom is 0.233 e. The van der Waals surface area contributed by atoms with Crippen molar-refractivity contribution in [2.75, 3.05) is 42.7 Å². The zero-order chi connectivity index (χ0) is 23.0. The Balaban J connectivity index is 1.52. The summed E-state index contributed by atoms with van der Waals surface area (Å²) in [5.41, 5.74) is 0.554. The monoisotopic (exact) mass is 457 g/mol. The molecule has 1 aliphatic carbocycles. The first kappa shape index (κ1) is 23.5. The molecule has 0 bridgehead atoms. The number of hydrogen-bond donors (Lipinski definition) is 3. The smallest absolute Gasteiger partial charge is 0.233 e. The average Bonchev–Trinajstić information content (AvgIpc) is 3.12. The van der Waals surface area contributed by atoms with Gasteiger partial charge in [0.1, 0.15) is 0 Å². The van der Waals surface area contributed by atoms with Gasteiger partial charge in [-0.2, -0.15) is 15.0 Å². The molecule has 2 fully saturated rings. The number of hydrogen-bond acceptors (Lipinski definition) is 8. The van der Waals surface area contributed by atoms with Crippen LogP contribution in [0.3, 0.4) is 0 Å². The zero-order valence-electron chi connectivity index (χ0n) is 19.7. The Hall–Kier alpha value is -2.68. The molecule has 1 saturated heterocycles. The molecule has 1 saturated carbocycles. The Bertz CT molecular complexity index is 904. The number of rotatable bonds is 9. The van der Waals surface area contributed by atoms with Crippen LogP contribution in [0.4, 0.5) is 27.9 Å². The summed E-state index contributed by atoms with van der Waals surface area (Å²) in [6, 6.07) is 5.56. The summed E-state index contributed by atoms with van der Waals surface area (Å²) >= 11 is 0. The fourth-order valence-corrected chi connectivity index (χ4v) is 4.81. The first-order valence-electron chi connectivity index (χ1n) is 12.3. The lowest BCUT2D eigenvalue weighted by Crippen LogP contribution is -2.35. The normalized spacial score (nSPS) is 19.8. The van der Waals surface area contributed by atoms with Crippen molar-refractivity contribution in [3.05, 3.63) is 24.0 Å². The highest BCUT2D eigenvalue weighted by Gasteiger charge is 2.23. The number of methoxy groups -OCH3 is 1. The number of aromatic nitrogens is 3. The Kier molecular flexibility index (Phi) is 8.15. The Morgan fingerprint density at radius 2 is 1.76 bits per heavy atom. The molecule has 4 rings (SSSR count). The highest BCUT2D eigenvalue weighted by molar-refractivity contribution is 5.57. The fourth-order valence-electron chi connectivity index (χ4n) is 4.81. The van der Waals surface area contributed by atoms with Crippen molar-refractivity contribution < 1.29 is 9.13 Å². The van der Waals surface area contributed by atoms with Crippen LogP contribution in [0.2, 0.25) is 0 Å². The molecule has 1 aliphatic heterocycles. The van der Waals surface area contributed by atoms with E-state index in [0.717, 1.165) is 32.5 Å². The number of likely N-dealkylation sites (tertiary alicyclic amines) is 1. The van der Waals surface area contributed by atoms with E-state index in [1.165, 1.54) is 51.7 Å². The van der Waals surface area contributed by atoms with E-state index in [4.69, 9.17) is 4.74 Å². The second kappa shape index (κ2) is 11.4. The average molecular weight is 458 g/mol. The van der Waals surface area contributed by atoms with E-state index in [1.807, 2.05) is 0 Å². The minimum atomic E-state index is -0.437. The van der Waals surface area contributed by atoms with E-state index >= 15 is 0 Å². The van der Waals surface area contributed by atoms with Crippen LogP contribution in [0.25, 0.3) is 0 Å². The molecule has 2 aliphatic rings. The van der Waals surface area contributed by atoms with Gasteiger partial charge in [-0.15, -0.1) is 0 Å². The molecule has 0 unspecified atom stereocenters. The molecular formula is C24H36FN7O. The number of ether oxygens (including phenoxy) is 1. The highest BCUT2D eigenvalue weighted by atomic mass is 19.1. The van der Waals surface area contributed by atoms with Gasteiger partial charge in [-0.3, -0.25) is 4.90 Å². The molecule has 2 aromatic rings. The molecule has 8 nitrogen and oxygen atoms in total. The van der Waals surface area contributed by atoms with Gasteiger partial charge in [-0.05, 0) is 50.9 Å². The molecule has 180 valence electrons. The minimum absolute atomic E-state index is 0.200. The van der Waals surface area contributed by atoms with E-state index in [9.17, 15) is 4.39 Å². The summed E-state index contributed by atoms with van der Waals surface area (Å²) in [4.78, 5) is 16.3. The van der Waals surface area contributed by atoms with Gasteiger partial charge in [0.25, 0.3) is 0 Å². The second-order valence-electron chi connectivity index (χ2n) is 8.92. The van der Waals surface area contributed by atoms with E-state index in [1.54, 1.807) is 12.1 Å². The Morgan fingerprint density at radius 1 is 1.00 bits per heavy atom. The molecule has 1 aromatic heterocycles. The van der Waals surface area contributed by atoms with Crippen LogP contribution in [0.1, 0.15) is 58.3 Å². The Labute approximate surface area is 195 Å². The Morgan fingerprint density at radius 3 is 2.48 bits per heavy atom. The van der Waals surface area contributed by atoms with Crippen molar-refractivity contribution in [1.29, 1.82) is 0 Å². The van der Waals surface area contributed by atoms with Crippen LogP contribution < -0.4 is 20.7 Å². The largest absolute Gasteiger partial charge is 0.494 e. The molecule has 0 amide bonds. The predicted octanol–water partition coefficient (Wildman–Crippen LogP) is 4.79. The van der Waals surface area contributed by atoms with E-state index in [-0.39, 0.29) is 5.75 Å². The number of nitrogens with zero attached hydrogens (tertiary/aromatic N) is 4. The summed E-state index contributed by atoms with van der Waals surface area (Å²) in [5, 5.41) is 10.1. The summed E-state index contributed by atoms with van der Waals surface area (Å²) < 4.78 is 19.2. The third-order valence-corrected chi connectivity index (χ3v) is 6.63. The van der Waals surface area contributed by atoms with Crippen LogP contribution >= 0.6 is 0 Å². The van der Waals surface area contributed by atoms with Gasteiger partial charge < -0.3 is 20.7 Å². The first-order valence-corrected chi connectivity index (χ1v) is 12.3. The molecule has 2 heterocycles. The second-order valence-corrected chi connectivity index (χ2v) is 8.92. The van der Waals surface area contributed by atoms with Gasteiger partial charge in [-0.25, -0.2) is 4.39 Å². The lowest BCUT2D eigenvalue weighted by molar-refractivity contribution is 0.277. The summed E-state index contributed by atoms with van der Waals surface area (Å²) in [5.74, 6) is 1.22. The molecule has 0 radical (unpaired) electrons. The van der Waals surface area contributed by atoms with Gasteiger partial charge in [0.15, 0.2) is 11.6 Å². The lowest BCUT2D eigenvalue weighted by atomic mass is 10.1. The molecule has 0 spiro atoms. The van der Waals surface area contributed by atoms with Gasteiger partial charge in [0.2, 0.25) is 17.8 Å². The lowest BCUT2D eigenvalue weighted by Gasteiger charge is -2.23. The van der Waals surface area contributed by atoms with Crippen molar-refractivity contribution in [3.63, 3.8) is 0 Å². The molecular weight excluding hydrogens is 421 g/mol. The summed E-state index contributed by atoms with van der Waals surface area (Å²) in [6.45, 7) is 5.18. The van der Waals surface area contributed by atoms with Crippen LogP contribution in [0.15, 0.2) is 18.2 Å². The fraction of sp³-hybridized carbons (Fsp3) is 0.625. The third-order valence-electron chi connectivity index (χ3n) is 6.63. The molecule has 1 atom stereocenters. The van der Waals surface area contributed by atoms with Crippen LogP contribution in [-0.2, 0) is 0 Å². The molecule has 9 heteroatoms. The standard InChI is InChI=1S/C24H36FN7O/c1-3-32-14-8-11-19(32)16-26-22-29-23(27-17-9-6-4-5-7-10-17)31-24(30-22)28-18-12-13-21(33-2)20(25)15-18/h12-13,15,17,19H,3-11,14,16H2,1-2H3,(H3,26,27,28,29,30,31)/t19-/m1/s1. The van der Waals surface area contributed by atoms with Crippen molar-refractivity contribution in [3.8, 4) is 5.75 Å². The van der Waals surface area contributed by atoms with Crippen LogP contribution in [0, 0.1) is 5.82 Å². The van der Waals surface area contributed by atoms with Crippen molar-refractivity contribution >= 4 is 23.5 Å². The van der Waals surface area contributed by atoms with Crippen molar-refractivity contribution in [2.45, 2.75) is 70.4 Å². The summed E-state index contributed by atoms with van der Waals surface area (Å²) in [7, 11) is 1.45. The molecule has 33 heavy (non-hydrogen) atoms. The van der Waals surface area contributed by atoms with Gasteiger partial charge in [-0.1, -0.05) is 32.6 Å². The van der Waals surface area contributed by atoms with E-state index < -0.39 is 5.82 Å². The summed E-state index contributed by atoms with van der Waals surface area (Å²) in [6.07, 6.45) is 9.65. The minimum Gasteiger partial charge on any atom is -0.494 e. The van der Waals surface area contributed by atoms with Gasteiger partial charge >= 0.3 is 0 Å². The van der Waals surface area contributed by atoms with Gasteiger partial charge in [0.05, 0.1) is 7.11 Å². The number of anilines is 4. The third kappa shape index (κ3) is 6.43. The number of likely N-dealkylation sites (N-methyl/N-ethyl adjacent to an activating group) is 1. The first-order chi connectivity index (χ1) is 16.1. The van der Waals surface area contributed by atoms with E-state index in [0.29, 0.717) is 35.6 Å².